The highest BCUT2D eigenvalue weighted by Gasteiger charge is 2.30. The number of aliphatic carboxylic acids is 1. The predicted molar refractivity (Wildman–Crippen MR) is 140 cm³/mol. The number of nitrogens with zero attached hydrogens (tertiary/aromatic N) is 3. The summed E-state index contributed by atoms with van der Waals surface area (Å²) in [6.07, 6.45) is 4.00. The summed E-state index contributed by atoms with van der Waals surface area (Å²) in [7, 11) is 3.16. The molecular weight excluding hydrogens is 470 g/mol. The van der Waals surface area contributed by atoms with Crippen molar-refractivity contribution in [2.24, 2.45) is 0 Å². The van der Waals surface area contributed by atoms with Crippen molar-refractivity contribution in [3.63, 3.8) is 0 Å². The first-order chi connectivity index (χ1) is 18.1. The summed E-state index contributed by atoms with van der Waals surface area (Å²) in [5, 5.41) is 10.5. The van der Waals surface area contributed by atoms with Gasteiger partial charge < -0.3 is 19.3 Å². The number of ether oxygens (including phenoxy) is 3. The van der Waals surface area contributed by atoms with Crippen LogP contribution in [0.5, 0.6) is 23.1 Å². The second kappa shape index (κ2) is 10.8. The summed E-state index contributed by atoms with van der Waals surface area (Å²) in [5.41, 5.74) is 3.62. The summed E-state index contributed by atoms with van der Waals surface area (Å²) < 4.78 is 17.7. The number of likely N-dealkylation sites (tertiary alicyclic amines) is 1. The van der Waals surface area contributed by atoms with Gasteiger partial charge in [0.25, 0.3) is 0 Å². The Labute approximate surface area is 215 Å². The molecule has 8 heteroatoms. The minimum absolute atomic E-state index is 0.403. The molecule has 0 unspecified atom stereocenters. The summed E-state index contributed by atoms with van der Waals surface area (Å²) in [5.74, 6) is 1.24. The van der Waals surface area contributed by atoms with Crippen molar-refractivity contribution in [3.8, 4) is 34.3 Å². The van der Waals surface area contributed by atoms with Crippen LogP contribution in [0, 0.1) is 0 Å². The number of carbonyl (C=O) groups is 1. The fraction of sp³-hybridized carbons (Fsp3) is 0.276. The van der Waals surface area contributed by atoms with Crippen molar-refractivity contribution in [1.29, 1.82) is 0 Å². The second-order valence-electron chi connectivity index (χ2n) is 8.98. The monoisotopic (exact) mass is 499 g/mol. The molecule has 8 nitrogen and oxygen atoms in total. The van der Waals surface area contributed by atoms with E-state index in [-0.39, 0.29) is 0 Å². The lowest BCUT2D eigenvalue weighted by Crippen LogP contribution is -2.44. The summed E-state index contributed by atoms with van der Waals surface area (Å²) >= 11 is 0. The van der Waals surface area contributed by atoms with E-state index in [1.165, 1.54) is 6.33 Å². The molecule has 3 aromatic carbocycles. The van der Waals surface area contributed by atoms with E-state index in [0.717, 1.165) is 40.4 Å². The molecular formula is C29H29N3O5. The molecule has 37 heavy (non-hydrogen) atoms. The first-order valence-electron chi connectivity index (χ1n) is 12.3. The van der Waals surface area contributed by atoms with Crippen molar-refractivity contribution < 1.29 is 24.1 Å². The van der Waals surface area contributed by atoms with Crippen LogP contribution in [0.25, 0.3) is 22.0 Å². The number of rotatable bonds is 8. The zero-order valence-electron chi connectivity index (χ0n) is 20.9. The van der Waals surface area contributed by atoms with Crippen LogP contribution in [0.3, 0.4) is 0 Å². The number of fused-ring (bicyclic) bond motifs is 1. The molecule has 0 aliphatic carbocycles. The lowest BCUT2D eigenvalue weighted by atomic mass is 10.0. The van der Waals surface area contributed by atoms with E-state index in [2.05, 4.69) is 9.97 Å². The van der Waals surface area contributed by atoms with Crippen molar-refractivity contribution >= 4 is 16.9 Å². The third kappa shape index (κ3) is 5.06. The molecule has 0 saturated carbocycles. The Morgan fingerprint density at radius 2 is 1.76 bits per heavy atom. The van der Waals surface area contributed by atoms with Crippen molar-refractivity contribution in [2.45, 2.75) is 31.8 Å². The highest BCUT2D eigenvalue weighted by Crippen LogP contribution is 2.39. The van der Waals surface area contributed by atoms with Gasteiger partial charge >= 0.3 is 5.97 Å². The van der Waals surface area contributed by atoms with Gasteiger partial charge in [-0.2, -0.15) is 0 Å². The molecule has 190 valence electrons. The Hall–Kier alpha value is -4.17. The first-order valence-corrected chi connectivity index (χ1v) is 12.3. The molecule has 1 saturated heterocycles. The minimum atomic E-state index is -0.803. The molecule has 2 heterocycles. The lowest BCUT2D eigenvalue weighted by molar-refractivity contribution is -0.144. The smallest absolute Gasteiger partial charge is 0.320 e. The zero-order chi connectivity index (χ0) is 25.8. The van der Waals surface area contributed by atoms with Crippen LogP contribution >= 0.6 is 0 Å². The summed E-state index contributed by atoms with van der Waals surface area (Å²) in [6.45, 7) is 1.11. The van der Waals surface area contributed by atoms with Gasteiger partial charge in [-0.1, -0.05) is 48.9 Å². The molecule has 0 amide bonds. The first kappa shape index (κ1) is 24.5. The topological polar surface area (TPSA) is 94.0 Å². The van der Waals surface area contributed by atoms with Crippen LogP contribution in [0.2, 0.25) is 0 Å². The molecule has 1 aliphatic heterocycles. The van der Waals surface area contributed by atoms with Gasteiger partial charge in [-0.3, -0.25) is 9.69 Å². The van der Waals surface area contributed by atoms with Gasteiger partial charge in [-0.05, 0) is 31.0 Å². The Morgan fingerprint density at radius 3 is 2.46 bits per heavy atom. The summed E-state index contributed by atoms with van der Waals surface area (Å²) in [4.78, 5) is 22.7. The van der Waals surface area contributed by atoms with Crippen LogP contribution in [0.15, 0.2) is 67.0 Å². The Bertz CT molecular complexity index is 1380. The van der Waals surface area contributed by atoms with E-state index in [1.54, 1.807) is 26.4 Å². The normalized spacial score (nSPS) is 15.9. The maximum Gasteiger partial charge on any atom is 0.320 e. The van der Waals surface area contributed by atoms with E-state index in [9.17, 15) is 9.90 Å². The highest BCUT2D eigenvalue weighted by atomic mass is 16.5. The standard InChI is InChI=1S/C29H29N3O5/c1-35-25-15-20(16-26(36-2)23(25)17-32-14-7-6-13-24(32)29(33)34)37-28-22-12-8-11-21(27(22)30-18-31-28)19-9-4-3-5-10-19/h3-5,8-12,15-16,18,24H,6-7,13-14,17H2,1-2H3,(H,33,34)/t24-/m1/s1. The number of methoxy groups -OCH3 is 2. The van der Waals surface area contributed by atoms with Crippen LogP contribution < -0.4 is 14.2 Å². The fourth-order valence-corrected chi connectivity index (χ4v) is 4.95. The van der Waals surface area contributed by atoms with Gasteiger partial charge in [0.05, 0.1) is 30.7 Å². The largest absolute Gasteiger partial charge is 0.496 e. The Balaban J connectivity index is 1.49. The molecule has 1 fully saturated rings. The minimum Gasteiger partial charge on any atom is -0.496 e. The van der Waals surface area contributed by atoms with Crippen LogP contribution in [0.4, 0.5) is 0 Å². The molecule has 1 N–H and O–H groups in total. The average Bonchev–Trinajstić information content (AvgIpc) is 2.94. The van der Waals surface area contributed by atoms with Gasteiger partial charge in [-0.15, -0.1) is 0 Å². The van der Waals surface area contributed by atoms with E-state index in [4.69, 9.17) is 14.2 Å². The molecule has 0 bridgehead atoms. The number of hydrogen-bond donors (Lipinski definition) is 1. The van der Waals surface area contributed by atoms with Crippen molar-refractivity contribution in [2.75, 3.05) is 20.8 Å². The molecule has 4 aromatic rings. The Kier molecular flexibility index (Phi) is 7.18. The van der Waals surface area contributed by atoms with Gasteiger partial charge in [0.15, 0.2) is 0 Å². The maximum atomic E-state index is 11.8. The van der Waals surface area contributed by atoms with E-state index in [0.29, 0.717) is 42.6 Å². The van der Waals surface area contributed by atoms with Crippen molar-refractivity contribution in [1.82, 2.24) is 14.9 Å². The highest BCUT2D eigenvalue weighted by molar-refractivity contribution is 5.96. The van der Waals surface area contributed by atoms with Crippen LogP contribution in [-0.4, -0.2) is 52.7 Å². The molecule has 0 spiro atoms. The quantitative estimate of drug-likeness (QED) is 0.337. The molecule has 1 atom stereocenters. The lowest BCUT2D eigenvalue weighted by Gasteiger charge is -2.33. The third-order valence-electron chi connectivity index (χ3n) is 6.77. The molecule has 1 aliphatic rings. The zero-order valence-corrected chi connectivity index (χ0v) is 20.9. The third-order valence-corrected chi connectivity index (χ3v) is 6.77. The van der Waals surface area contributed by atoms with Gasteiger partial charge in [0.2, 0.25) is 5.88 Å². The molecule has 0 radical (unpaired) electrons. The number of benzene rings is 3. The van der Waals surface area contributed by atoms with Gasteiger partial charge in [0.1, 0.15) is 29.6 Å². The number of carboxylic acids is 1. The number of para-hydroxylation sites is 1. The fourth-order valence-electron chi connectivity index (χ4n) is 4.95. The number of hydrogen-bond acceptors (Lipinski definition) is 7. The number of aromatic nitrogens is 2. The molecule has 5 rings (SSSR count). The van der Waals surface area contributed by atoms with Gasteiger partial charge in [0, 0.05) is 24.2 Å². The van der Waals surface area contributed by atoms with Crippen LogP contribution in [0.1, 0.15) is 24.8 Å². The predicted octanol–water partition coefficient (Wildman–Crippen LogP) is 5.55. The van der Waals surface area contributed by atoms with E-state index in [1.807, 2.05) is 53.4 Å². The van der Waals surface area contributed by atoms with Crippen LogP contribution in [-0.2, 0) is 11.3 Å². The van der Waals surface area contributed by atoms with E-state index >= 15 is 0 Å². The summed E-state index contributed by atoms with van der Waals surface area (Å²) in [6, 6.07) is 19.0. The SMILES string of the molecule is COc1cc(Oc2ncnc3c(-c4ccccc4)cccc23)cc(OC)c1CN1CCCC[C@@H]1C(=O)O. The molecule has 1 aromatic heterocycles. The maximum absolute atomic E-state index is 11.8. The number of carboxylic acid groups (broad SMARTS) is 1. The van der Waals surface area contributed by atoms with Gasteiger partial charge in [-0.25, -0.2) is 9.97 Å². The number of piperidine rings is 1. The van der Waals surface area contributed by atoms with Crippen molar-refractivity contribution in [3.05, 3.63) is 72.6 Å². The Morgan fingerprint density at radius 1 is 1.00 bits per heavy atom. The second-order valence-corrected chi connectivity index (χ2v) is 8.98. The van der Waals surface area contributed by atoms with E-state index < -0.39 is 12.0 Å². The average molecular weight is 500 g/mol.